The van der Waals surface area contributed by atoms with Crippen LogP contribution in [0.5, 0.6) is 0 Å². The van der Waals surface area contributed by atoms with Gasteiger partial charge in [-0.1, -0.05) is 27.7 Å². The second-order valence-corrected chi connectivity index (χ2v) is 9.28. The summed E-state index contributed by atoms with van der Waals surface area (Å²) in [7, 11) is 0. The first-order chi connectivity index (χ1) is 16.1. The molecule has 0 aromatic rings. The van der Waals surface area contributed by atoms with Crippen LogP contribution in [0, 0.1) is 11.8 Å². The van der Waals surface area contributed by atoms with Gasteiger partial charge in [-0.25, -0.2) is 9.59 Å². The zero-order valence-electron chi connectivity index (χ0n) is 20.8. The number of rotatable bonds is 9. The maximum Gasteiger partial charge on any atom is 0.376 e. The first kappa shape index (κ1) is 27.6. The molecule has 2 fully saturated rings. The Bertz CT molecular complexity index is 764. The lowest BCUT2D eigenvalue weighted by Crippen LogP contribution is -2.59. The van der Waals surface area contributed by atoms with E-state index in [0.29, 0.717) is 45.7 Å². The third-order valence-electron chi connectivity index (χ3n) is 6.07. The third-order valence-corrected chi connectivity index (χ3v) is 6.07. The molecule has 2 aliphatic heterocycles. The standard InChI is InChI=1S/C23H38N4O7/c1-6-34-22(31)19(28)17(14(2)3)24-20(29)16-8-7-9-27(16)21(30)18(15(4)5)25-23(32)26-10-12-33-13-11-26/h14-18H,6-13H2,1-5H3,(H,24,29)(H,25,32)/t16-,17?,18-/m0/s1. The number of amides is 4. The number of nitrogens with zero attached hydrogens (tertiary/aromatic N) is 2. The molecule has 2 aliphatic rings. The highest BCUT2D eigenvalue weighted by Crippen LogP contribution is 2.21. The van der Waals surface area contributed by atoms with Crippen molar-refractivity contribution in [2.75, 3.05) is 39.5 Å². The molecule has 11 nitrogen and oxygen atoms in total. The number of urea groups is 1. The number of hydrogen-bond donors (Lipinski definition) is 2. The van der Waals surface area contributed by atoms with Gasteiger partial charge in [0.05, 0.1) is 19.8 Å². The predicted octanol–water partition coefficient (Wildman–Crippen LogP) is 0.317. The summed E-state index contributed by atoms with van der Waals surface area (Å²) in [5, 5.41) is 5.47. The molecule has 2 heterocycles. The highest BCUT2D eigenvalue weighted by atomic mass is 16.5. The van der Waals surface area contributed by atoms with Gasteiger partial charge < -0.3 is 29.9 Å². The van der Waals surface area contributed by atoms with Crippen molar-refractivity contribution in [3.05, 3.63) is 0 Å². The van der Waals surface area contributed by atoms with Crippen molar-refractivity contribution in [2.45, 2.75) is 65.6 Å². The lowest BCUT2D eigenvalue weighted by atomic mass is 9.98. The number of morpholine rings is 1. The Morgan fingerprint density at radius 2 is 1.56 bits per heavy atom. The van der Waals surface area contributed by atoms with Crippen molar-refractivity contribution >= 4 is 29.6 Å². The molecule has 0 aromatic heterocycles. The van der Waals surface area contributed by atoms with Crippen LogP contribution in [0.1, 0.15) is 47.5 Å². The van der Waals surface area contributed by atoms with Crippen LogP contribution in [-0.4, -0.2) is 97.0 Å². The van der Waals surface area contributed by atoms with E-state index in [1.807, 2.05) is 13.8 Å². The van der Waals surface area contributed by atoms with Crippen LogP contribution < -0.4 is 10.6 Å². The molecule has 0 aliphatic carbocycles. The van der Waals surface area contributed by atoms with E-state index < -0.39 is 35.8 Å². The number of Topliss-reactive ketones (excluding diaryl/α,β-unsaturated/α-hetero) is 1. The smallest absolute Gasteiger partial charge is 0.376 e. The molecule has 0 aromatic carbocycles. The number of carbonyl (C=O) groups excluding carboxylic acids is 5. The Hall–Kier alpha value is -2.69. The number of nitrogens with one attached hydrogen (secondary N) is 2. The Morgan fingerprint density at radius 3 is 2.12 bits per heavy atom. The normalized spacial score (nSPS) is 20.1. The van der Waals surface area contributed by atoms with Crippen LogP contribution in [-0.2, 0) is 28.7 Å². The number of ketones is 1. The van der Waals surface area contributed by atoms with Crippen molar-refractivity contribution in [3.63, 3.8) is 0 Å². The zero-order chi connectivity index (χ0) is 25.4. The van der Waals surface area contributed by atoms with Crippen LogP contribution in [0.25, 0.3) is 0 Å². The summed E-state index contributed by atoms with van der Waals surface area (Å²) in [6.45, 7) is 10.9. The molecule has 0 spiro atoms. The van der Waals surface area contributed by atoms with E-state index >= 15 is 0 Å². The Labute approximate surface area is 200 Å². The molecule has 3 atom stereocenters. The van der Waals surface area contributed by atoms with Gasteiger partial charge >= 0.3 is 12.0 Å². The first-order valence-electron chi connectivity index (χ1n) is 12.0. The molecule has 11 heteroatoms. The summed E-state index contributed by atoms with van der Waals surface area (Å²) < 4.78 is 10.1. The zero-order valence-corrected chi connectivity index (χ0v) is 20.8. The first-order valence-corrected chi connectivity index (χ1v) is 12.0. The van der Waals surface area contributed by atoms with E-state index in [4.69, 9.17) is 9.47 Å². The fourth-order valence-corrected chi connectivity index (χ4v) is 4.10. The fourth-order valence-electron chi connectivity index (χ4n) is 4.10. The van der Waals surface area contributed by atoms with Gasteiger partial charge in [0.25, 0.3) is 5.78 Å². The number of ether oxygens (including phenoxy) is 2. The van der Waals surface area contributed by atoms with Crippen LogP contribution in [0.3, 0.4) is 0 Å². The SMILES string of the molecule is CCOC(=O)C(=O)C(NC(=O)[C@@H]1CCCN1C(=O)[C@@H](NC(=O)N1CCOCC1)C(C)C)C(C)C. The molecule has 4 amide bonds. The van der Waals surface area contributed by atoms with Gasteiger partial charge in [0.1, 0.15) is 18.1 Å². The van der Waals surface area contributed by atoms with Gasteiger partial charge in [-0.3, -0.25) is 14.4 Å². The second-order valence-electron chi connectivity index (χ2n) is 9.28. The van der Waals surface area contributed by atoms with Crippen LogP contribution in [0.4, 0.5) is 4.79 Å². The van der Waals surface area contributed by atoms with E-state index in [-0.39, 0.29) is 30.4 Å². The van der Waals surface area contributed by atoms with Gasteiger partial charge in [0, 0.05) is 19.6 Å². The van der Waals surface area contributed by atoms with Gasteiger partial charge in [-0.2, -0.15) is 0 Å². The Kier molecular flexibility index (Phi) is 10.3. The quantitative estimate of drug-likeness (QED) is 0.357. The van der Waals surface area contributed by atoms with E-state index in [2.05, 4.69) is 10.6 Å². The van der Waals surface area contributed by atoms with Crippen LogP contribution >= 0.6 is 0 Å². The minimum atomic E-state index is -1.05. The molecule has 192 valence electrons. The summed E-state index contributed by atoms with van der Waals surface area (Å²) in [5.74, 6) is -3.19. The molecule has 2 rings (SSSR count). The molecular formula is C23H38N4O7. The molecule has 34 heavy (non-hydrogen) atoms. The lowest BCUT2D eigenvalue weighted by Gasteiger charge is -2.33. The van der Waals surface area contributed by atoms with Gasteiger partial charge in [0.2, 0.25) is 11.8 Å². The van der Waals surface area contributed by atoms with E-state index in [1.165, 1.54) is 4.90 Å². The van der Waals surface area contributed by atoms with Crippen molar-refractivity contribution in [3.8, 4) is 0 Å². The highest BCUT2D eigenvalue weighted by Gasteiger charge is 2.41. The number of carbonyl (C=O) groups is 5. The Morgan fingerprint density at radius 1 is 0.941 bits per heavy atom. The fraction of sp³-hybridized carbons (Fsp3) is 0.783. The minimum Gasteiger partial charge on any atom is -0.460 e. The summed E-state index contributed by atoms with van der Waals surface area (Å²) in [5.41, 5.74) is 0. The summed E-state index contributed by atoms with van der Waals surface area (Å²) in [4.78, 5) is 66.7. The van der Waals surface area contributed by atoms with Crippen molar-refractivity contribution in [1.29, 1.82) is 0 Å². The average molecular weight is 483 g/mol. The molecule has 0 radical (unpaired) electrons. The summed E-state index contributed by atoms with van der Waals surface area (Å²) in [6, 6.07) is -2.97. The largest absolute Gasteiger partial charge is 0.460 e. The molecule has 1 unspecified atom stereocenters. The number of esters is 1. The predicted molar refractivity (Wildman–Crippen MR) is 123 cm³/mol. The third kappa shape index (κ3) is 6.91. The number of hydrogen-bond acceptors (Lipinski definition) is 7. The van der Waals surface area contributed by atoms with Crippen molar-refractivity contribution < 1.29 is 33.4 Å². The van der Waals surface area contributed by atoms with Crippen LogP contribution in [0.2, 0.25) is 0 Å². The van der Waals surface area contributed by atoms with Gasteiger partial charge in [0.15, 0.2) is 0 Å². The molecule has 2 N–H and O–H groups in total. The molecule has 0 bridgehead atoms. The molecule has 0 saturated carbocycles. The lowest BCUT2D eigenvalue weighted by molar-refractivity contribution is -0.155. The number of likely N-dealkylation sites (tertiary alicyclic amines) is 1. The van der Waals surface area contributed by atoms with Crippen molar-refractivity contribution in [2.24, 2.45) is 11.8 Å². The molecular weight excluding hydrogens is 444 g/mol. The molecule has 2 saturated heterocycles. The average Bonchev–Trinajstić information content (AvgIpc) is 3.30. The van der Waals surface area contributed by atoms with E-state index in [9.17, 15) is 24.0 Å². The van der Waals surface area contributed by atoms with Crippen molar-refractivity contribution in [1.82, 2.24) is 20.4 Å². The Balaban J connectivity index is 2.10. The highest BCUT2D eigenvalue weighted by molar-refractivity contribution is 6.36. The van der Waals surface area contributed by atoms with Crippen LogP contribution in [0.15, 0.2) is 0 Å². The minimum absolute atomic E-state index is 0.0566. The monoisotopic (exact) mass is 482 g/mol. The van der Waals surface area contributed by atoms with Gasteiger partial charge in [-0.05, 0) is 31.6 Å². The summed E-state index contributed by atoms with van der Waals surface area (Å²) >= 11 is 0. The second kappa shape index (κ2) is 12.7. The van der Waals surface area contributed by atoms with E-state index in [0.717, 1.165) is 0 Å². The van der Waals surface area contributed by atoms with E-state index in [1.54, 1.807) is 25.7 Å². The topological polar surface area (TPSA) is 134 Å². The van der Waals surface area contributed by atoms with Gasteiger partial charge in [-0.15, -0.1) is 0 Å². The maximum atomic E-state index is 13.4. The summed E-state index contributed by atoms with van der Waals surface area (Å²) in [6.07, 6.45) is 1.04. The maximum absolute atomic E-state index is 13.4.